The van der Waals surface area contributed by atoms with E-state index in [2.05, 4.69) is 5.32 Å². The monoisotopic (exact) mass is 256 g/mol. The Morgan fingerprint density at radius 1 is 1.44 bits per heavy atom. The van der Waals surface area contributed by atoms with Crippen LogP contribution in [0.4, 0.5) is 15.8 Å². The van der Waals surface area contributed by atoms with Crippen molar-refractivity contribution < 1.29 is 19.2 Å². The number of aromatic carboxylic acids is 1. The van der Waals surface area contributed by atoms with Crippen LogP contribution in [0, 0.1) is 15.9 Å². The molecule has 0 bridgehead atoms. The number of nitro groups is 1. The summed E-state index contributed by atoms with van der Waals surface area (Å²) < 4.78 is 13.6. The maximum Gasteiger partial charge on any atom is 0.342 e. The fraction of sp³-hybridized carbons (Fsp3) is 0.364. The third kappa shape index (κ3) is 3.16. The first-order valence-electron chi connectivity index (χ1n) is 5.11. The topological polar surface area (TPSA) is 92.5 Å². The number of hydrogen-bond acceptors (Lipinski definition) is 4. The Kier molecular flexibility index (Phi) is 3.54. The Morgan fingerprint density at radius 2 is 2.00 bits per heavy atom. The number of benzene rings is 1. The summed E-state index contributed by atoms with van der Waals surface area (Å²) in [7, 11) is 0. The molecule has 1 aromatic carbocycles. The van der Waals surface area contributed by atoms with Gasteiger partial charge in [-0.25, -0.2) is 9.18 Å². The van der Waals surface area contributed by atoms with E-state index in [9.17, 15) is 19.3 Å². The van der Waals surface area contributed by atoms with E-state index < -0.39 is 33.5 Å². The van der Waals surface area contributed by atoms with Gasteiger partial charge in [-0.15, -0.1) is 0 Å². The van der Waals surface area contributed by atoms with E-state index in [1.807, 2.05) is 0 Å². The second-order valence-electron chi connectivity index (χ2n) is 4.79. The van der Waals surface area contributed by atoms with Gasteiger partial charge in [-0.3, -0.25) is 10.1 Å². The summed E-state index contributed by atoms with van der Waals surface area (Å²) in [6.07, 6.45) is 0. The normalized spacial score (nSPS) is 11.1. The molecule has 0 atom stereocenters. The van der Waals surface area contributed by atoms with Gasteiger partial charge < -0.3 is 10.4 Å². The van der Waals surface area contributed by atoms with Gasteiger partial charge in [0.05, 0.1) is 16.7 Å². The molecule has 2 N–H and O–H groups in total. The number of halogens is 1. The predicted molar refractivity (Wildman–Crippen MR) is 63.4 cm³/mol. The molecule has 0 fully saturated rings. The van der Waals surface area contributed by atoms with Gasteiger partial charge in [-0.2, -0.15) is 0 Å². The number of carboxylic acids is 1. The Bertz CT molecular complexity index is 509. The molecule has 0 spiro atoms. The van der Waals surface area contributed by atoms with Crippen molar-refractivity contribution in [3.05, 3.63) is 33.6 Å². The summed E-state index contributed by atoms with van der Waals surface area (Å²) in [5.74, 6) is -2.33. The number of hydrogen-bond donors (Lipinski definition) is 2. The number of carbonyl (C=O) groups is 1. The molecule has 0 unspecified atom stereocenters. The standard InChI is InChI=1S/C11H13FN2O4/c1-11(2,3)13-8-4-6(10(15)16)9(14(17)18)5-7(8)12/h4-5,13H,1-3H3,(H,15,16). The molecule has 1 rings (SSSR count). The third-order valence-electron chi connectivity index (χ3n) is 2.02. The quantitative estimate of drug-likeness (QED) is 0.640. The zero-order valence-electron chi connectivity index (χ0n) is 10.2. The second-order valence-corrected chi connectivity index (χ2v) is 4.79. The summed E-state index contributed by atoms with van der Waals surface area (Å²) in [6.45, 7) is 5.27. The first kappa shape index (κ1) is 13.9. The zero-order chi connectivity index (χ0) is 14.1. The molecule has 0 aliphatic rings. The molecule has 0 heterocycles. The van der Waals surface area contributed by atoms with Gasteiger partial charge >= 0.3 is 5.97 Å². The smallest absolute Gasteiger partial charge is 0.342 e. The highest BCUT2D eigenvalue weighted by Crippen LogP contribution is 2.27. The minimum absolute atomic E-state index is 0.0782. The maximum absolute atomic E-state index is 13.6. The fourth-order valence-electron chi connectivity index (χ4n) is 1.38. The van der Waals surface area contributed by atoms with Crippen LogP contribution in [0.5, 0.6) is 0 Å². The number of rotatable bonds is 3. The van der Waals surface area contributed by atoms with Crippen LogP contribution in [0.1, 0.15) is 31.1 Å². The number of nitro benzene ring substituents is 1. The van der Waals surface area contributed by atoms with Gasteiger partial charge in [0.15, 0.2) is 5.82 Å². The summed E-state index contributed by atoms with van der Waals surface area (Å²) in [5, 5.41) is 22.3. The minimum atomic E-state index is -1.47. The lowest BCUT2D eigenvalue weighted by Crippen LogP contribution is -2.27. The lowest BCUT2D eigenvalue weighted by atomic mass is 10.1. The third-order valence-corrected chi connectivity index (χ3v) is 2.02. The maximum atomic E-state index is 13.6. The van der Waals surface area contributed by atoms with E-state index in [-0.39, 0.29) is 5.69 Å². The van der Waals surface area contributed by atoms with Crippen molar-refractivity contribution in [2.45, 2.75) is 26.3 Å². The first-order valence-corrected chi connectivity index (χ1v) is 5.11. The summed E-state index contributed by atoms with van der Waals surface area (Å²) in [5.41, 5.74) is -1.88. The van der Waals surface area contributed by atoms with Gasteiger partial charge in [0.1, 0.15) is 5.56 Å². The van der Waals surface area contributed by atoms with Crippen LogP contribution in [0.25, 0.3) is 0 Å². The molecule has 98 valence electrons. The molecule has 0 saturated carbocycles. The molecule has 0 aromatic heterocycles. The summed E-state index contributed by atoms with van der Waals surface area (Å²) in [4.78, 5) is 20.6. The van der Waals surface area contributed by atoms with Gasteiger partial charge in [-0.05, 0) is 26.8 Å². The van der Waals surface area contributed by atoms with Crippen LogP contribution in [-0.4, -0.2) is 21.5 Å². The van der Waals surface area contributed by atoms with E-state index in [0.29, 0.717) is 6.07 Å². The van der Waals surface area contributed by atoms with Crippen molar-refractivity contribution in [2.75, 3.05) is 5.32 Å². The number of nitrogens with zero attached hydrogens (tertiary/aromatic N) is 1. The average molecular weight is 256 g/mol. The number of anilines is 1. The van der Waals surface area contributed by atoms with E-state index in [4.69, 9.17) is 5.11 Å². The molecule has 6 nitrogen and oxygen atoms in total. The summed E-state index contributed by atoms with van der Waals surface area (Å²) in [6, 6.07) is 1.54. The molecule has 0 radical (unpaired) electrons. The van der Waals surface area contributed by atoms with E-state index >= 15 is 0 Å². The largest absolute Gasteiger partial charge is 0.477 e. The number of nitrogens with one attached hydrogen (secondary N) is 1. The molecule has 0 saturated heterocycles. The zero-order valence-corrected chi connectivity index (χ0v) is 10.2. The van der Waals surface area contributed by atoms with Crippen molar-refractivity contribution in [1.29, 1.82) is 0 Å². The van der Waals surface area contributed by atoms with Crippen LogP contribution in [-0.2, 0) is 0 Å². The van der Waals surface area contributed by atoms with Gasteiger partial charge in [0.2, 0.25) is 0 Å². The summed E-state index contributed by atoms with van der Waals surface area (Å²) >= 11 is 0. The first-order chi connectivity index (χ1) is 8.11. The van der Waals surface area contributed by atoms with Crippen LogP contribution < -0.4 is 5.32 Å². The van der Waals surface area contributed by atoms with Gasteiger partial charge in [0.25, 0.3) is 5.69 Å². The molecule has 1 aromatic rings. The highest BCUT2D eigenvalue weighted by Gasteiger charge is 2.24. The molecule has 7 heteroatoms. The highest BCUT2D eigenvalue weighted by atomic mass is 19.1. The molecular formula is C11H13FN2O4. The van der Waals surface area contributed by atoms with E-state index in [1.54, 1.807) is 20.8 Å². The van der Waals surface area contributed by atoms with Crippen molar-refractivity contribution in [3.8, 4) is 0 Å². The molecule has 0 aliphatic heterocycles. The van der Waals surface area contributed by atoms with Crippen LogP contribution in [0.15, 0.2) is 12.1 Å². The van der Waals surface area contributed by atoms with Gasteiger partial charge in [0, 0.05) is 5.54 Å². The fourth-order valence-corrected chi connectivity index (χ4v) is 1.38. The number of carboxylic acid groups (broad SMARTS) is 1. The Balaban J connectivity index is 3.36. The highest BCUT2D eigenvalue weighted by molar-refractivity contribution is 5.93. The molecule has 18 heavy (non-hydrogen) atoms. The van der Waals surface area contributed by atoms with E-state index in [1.165, 1.54) is 0 Å². The van der Waals surface area contributed by atoms with Crippen molar-refractivity contribution >= 4 is 17.3 Å². The van der Waals surface area contributed by atoms with Crippen LogP contribution >= 0.6 is 0 Å². The average Bonchev–Trinajstić information content (AvgIpc) is 2.17. The SMILES string of the molecule is CC(C)(C)Nc1cc(C(=O)O)c([N+](=O)[O-])cc1F. The predicted octanol–water partition coefficient (Wildman–Crippen LogP) is 2.64. The van der Waals surface area contributed by atoms with Crippen LogP contribution in [0.3, 0.4) is 0 Å². The van der Waals surface area contributed by atoms with Crippen LogP contribution in [0.2, 0.25) is 0 Å². The minimum Gasteiger partial charge on any atom is -0.477 e. The van der Waals surface area contributed by atoms with E-state index in [0.717, 1.165) is 6.07 Å². The second kappa shape index (κ2) is 4.59. The van der Waals surface area contributed by atoms with Crippen molar-refractivity contribution in [2.24, 2.45) is 0 Å². The van der Waals surface area contributed by atoms with Crippen molar-refractivity contribution in [1.82, 2.24) is 0 Å². The Labute approximate surface area is 103 Å². The molecule has 0 amide bonds. The molecular weight excluding hydrogens is 243 g/mol. The Morgan fingerprint density at radius 3 is 2.39 bits per heavy atom. The lowest BCUT2D eigenvalue weighted by Gasteiger charge is -2.22. The van der Waals surface area contributed by atoms with Crippen molar-refractivity contribution in [3.63, 3.8) is 0 Å². The molecule has 0 aliphatic carbocycles. The Hall–Kier alpha value is -2.18. The lowest BCUT2D eigenvalue weighted by molar-refractivity contribution is -0.385. The van der Waals surface area contributed by atoms with Gasteiger partial charge in [-0.1, -0.05) is 0 Å².